The van der Waals surface area contributed by atoms with Gasteiger partial charge in [0.25, 0.3) is 0 Å². The van der Waals surface area contributed by atoms with Crippen molar-refractivity contribution in [3.63, 3.8) is 0 Å². The van der Waals surface area contributed by atoms with E-state index in [0.717, 1.165) is 24.1 Å². The number of carbonyl (C=O) groups excluding carboxylic acids is 1. The van der Waals surface area contributed by atoms with Crippen molar-refractivity contribution in [2.45, 2.75) is 44.6 Å². The van der Waals surface area contributed by atoms with Crippen LogP contribution in [0.15, 0.2) is 42.5 Å². The summed E-state index contributed by atoms with van der Waals surface area (Å²) in [4.78, 5) is 17.0. The highest BCUT2D eigenvalue weighted by Crippen LogP contribution is 2.26. The number of aromatic nitrogens is 2. The Morgan fingerprint density at radius 1 is 1.28 bits per heavy atom. The summed E-state index contributed by atoms with van der Waals surface area (Å²) in [5, 5.41) is 24.9. The molecule has 1 aliphatic rings. The number of halogens is 1. The van der Waals surface area contributed by atoms with Gasteiger partial charge in [0, 0.05) is 12.5 Å². The van der Waals surface area contributed by atoms with Gasteiger partial charge in [0.1, 0.15) is 5.82 Å². The van der Waals surface area contributed by atoms with Crippen molar-refractivity contribution in [3.05, 3.63) is 54.1 Å². The first kappa shape index (κ1) is 19.7. The molecular weight excluding hydrogens is 373 g/mol. The molecule has 2 N–H and O–H groups in total. The molecule has 0 radical (unpaired) electrons. The minimum absolute atomic E-state index is 0.0400. The number of rotatable bonds is 6. The second-order valence-corrected chi connectivity index (χ2v) is 7.49. The summed E-state index contributed by atoms with van der Waals surface area (Å²) in [6.45, 7) is 0.289. The van der Waals surface area contributed by atoms with Gasteiger partial charge in [-0.3, -0.25) is 4.79 Å². The third-order valence-corrected chi connectivity index (χ3v) is 5.44. The molecule has 2 heterocycles. The largest absolute Gasteiger partial charge is 0.849 e. The maximum Gasteiger partial charge on any atom is 0.154 e. The van der Waals surface area contributed by atoms with Crippen LogP contribution in [-0.4, -0.2) is 39.1 Å². The van der Waals surface area contributed by atoms with Crippen molar-refractivity contribution in [2.75, 3.05) is 6.54 Å². The van der Waals surface area contributed by atoms with E-state index in [1.54, 1.807) is 16.7 Å². The van der Waals surface area contributed by atoms with E-state index in [2.05, 4.69) is 10.3 Å². The van der Waals surface area contributed by atoms with E-state index < -0.39 is 12.7 Å². The van der Waals surface area contributed by atoms with Gasteiger partial charge < -0.3 is 20.1 Å². The zero-order chi connectivity index (χ0) is 20.4. The second-order valence-electron chi connectivity index (χ2n) is 7.49. The standard InChI is InChI=1S/C22H23FN3O3/c23-16-4-1-3-14(9-16)15-6-7-20-18(10-15)25-22(13-27)26(20)12-17(28)11-19-21(29)5-2-8-24-19/h1,3-4,6-7,9-10,19,21,24,29H,2,5,8,11-13H2/q-1/t19-,21+/m1/s1. The smallest absolute Gasteiger partial charge is 0.154 e. The summed E-state index contributed by atoms with van der Waals surface area (Å²) in [6, 6.07) is 11.5. The van der Waals surface area contributed by atoms with Gasteiger partial charge in [0.15, 0.2) is 5.78 Å². The van der Waals surface area contributed by atoms with Crippen molar-refractivity contribution in [2.24, 2.45) is 0 Å². The zero-order valence-corrected chi connectivity index (χ0v) is 16.0. The third kappa shape index (κ3) is 4.22. The molecule has 2 atom stereocenters. The first-order valence-corrected chi connectivity index (χ1v) is 9.81. The number of benzene rings is 2. The van der Waals surface area contributed by atoms with E-state index in [1.807, 2.05) is 18.2 Å². The van der Waals surface area contributed by atoms with Crippen LogP contribution in [-0.2, 0) is 17.9 Å². The average Bonchev–Trinajstić information content (AvgIpc) is 3.06. The summed E-state index contributed by atoms with van der Waals surface area (Å²) in [6.07, 6.45) is 1.26. The molecule has 1 aliphatic heterocycles. The van der Waals surface area contributed by atoms with Crippen LogP contribution in [0.2, 0.25) is 0 Å². The lowest BCUT2D eigenvalue weighted by Crippen LogP contribution is -2.46. The zero-order valence-electron chi connectivity index (χ0n) is 16.0. The van der Waals surface area contributed by atoms with Crippen LogP contribution in [0.25, 0.3) is 22.2 Å². The molecule has 2 aromatic carbocycles. The number of Topliss-reactive ketones (excluding diaryl/α,β-unsaturated/α-hetero) is 1. The molecule has 1 saturated heterocycles. The summed E-state index contributed by atoms with van der Waals surface area (Å²) in [7, 11) is 0. The molecule has 1 fully saturated rings. The van der Waals surface area contributed by atoms with Crippen molar-refractivity contribution in [3.8, 4) is 11.1 Å². The number of nitrogens with one attached hydrogen (secondary N) is 1. The fourth-order valence-electron chi connectivity index (χ4n) is 3.94. The molecule has 0 saturated carbocycles. The molecule has 0 spiro atoms. The molecule has 152 valence electrons. The Morgan fingerprint density at radius 3 is 2.86 bits per heavy atom. The summed E-state index contributed by atoms with van der Waals surface area (Å²) in [5.41, 5.74) is 2.81. The van der Waals surface area contributed by atoms with E-state index >= 15 is 0 Å². The molecule has 6 nitrogen and oxygen atoms in total. The number of aliphatic hydroxyl groups excluding tert-OH is 1. The molecule has 4 rings (SSSR count). The van der Waals surface area contributed by atoms with Gasteiger partial charge in [-0.2, -0.15) is 0 Å². The van der Waals surface area contributed by atoms with E-state index in [-0.39, 0.29) is 30.6 Å². The molecule has 0 amide bonds. The van der Waals surface area contributed by atoms with Gasteiger partial charge in [-0.1, -0.05) is 24.8 Å². The minimum atomic E-state index is -0.540. The molecule has 3 aromatic rings. The fraction of sp³-hybridized carbons (Fsp3) is 0.364. The first-order chi connectivity index (χ1) is 14.0. The number of piperidine rings is 1. The van der Waals surface area contributed by atoms with E-state index in [1.165, 1.54) is 12.1 Å². The van der Waals surface area contributed by atoms with Gasteiger partial charge in [-0.05, 0) is 54.8 Å². The average molecular weight is 396 g/mol. The number of fused-ring (bicyclic) bond motifs is 1. The molecule has 0 unspecified atom stereocenters. The Hall–Kier alpha value is -2.61. The molecule has 1 aromatic heterocycles. The Balaban J connectivity index is 1.59. The third-order valence-electron chi connectivity index (χ3n) is 5.44. The van der Waals surface area contributed by atoms with Crippen LogP contribution in [0, 0.1) is 5.82 Å². The topological polar surface area (TPSA) is 90.2 Å². The SMILES string of the molecule is O=C(C[C@H]1NCCC[C@@H]1O)Cn1c(C[O-])nc2cc(-c3cccc(F)c3)ccc21. The van der Waals surface area contributed by atoms with Crippen molar-refractivity contribution in [1.82, 2.24) is 14.9 Å². The van der Waals surface area contributed by atoms with E-state index in [0.29, 0.717) is 23.3 Å². The molecular formula is C22H23FN3O3-. The Kier molecular flexibility index (Phi) is 5.71. The van der Waals surface area contributed by atoms with Gasteiger partial charge in [0.05, 0.1) is 29.5 Å². The van der Waals surface area contributed by atoms with Crippen LogP contribution in [0.5, 0.6) is 0 Å². The number of hydrogen-bond donors (Lipinski definition) is 2. The van der Waals surface area contributed by atoms with Gasteiger partial charge >= 0.3 is 0 Å². The molecule has 0 bridgehead atoms. The predicted octanol–water partition coefficient (Wildman–Crippen LogP) is 1.77. The highest BCUT2D eigenvalue weighted by Gasteiger charge is 2.25. The molecule has 0 aliphatic carbocycles. The highest BCUT2D eigenvalue weighted by atomic mass is 19.1. The van der Waals surface area contributed by atoms with Crippen molar-refractivity contribution >= 4 is 16.8 Å². The van der Waals surface area contributed by atoms with Crippen LogP contribution in [0.1, 0.15) is 25.1 Å². The van der Waals surface area contributed by atoms with Gasteiger partial charge in [0.2, 0.25) is 0 Å². The number of ketones is 1. The van der Waals surface area contributed by atoms with Crippen LogP contribution in [0.4, 0.5) is 4.39 Å². The monoisotopic (exact) mass is 396 g/mol. The lowest BCUT2D eigenvalue weighted by molar-refractivity contribution is -0.388. The first-order valence-electron chi connectivity index (χ1n) is 9.81. The maximum atomic E-state index is 13.5. The van der Waals surface area contributed by atoms with Crippen LogP contribution >= 0.6 is 0 Å². The molecule has 7 heteroatoms. The van der Waals surface area contributed by atoms with Crippen LogP contribution in [0.3, 0.4) is 0 Å². The normalized spacial score (nSPS) is 19.6. The quantitative estimate of drug-likeness (QED) is 0.663. The maximum absolute atomic E-state index is 13.5. The van der Waals surface area contributed by atoms with Gasteiger partial charge in [-0.15, -0.1) is 0 Å². The summed E-state index contributed by atoms with van der Waals surface area (Å²) >= 11 is 0. The number of aliphatic hydroxyl groups is 1. The number of hydrogen-bond acceptors (Lipinski definition) is 5. The Bertz CT molecular complexity index is 1030. The van der Waals surface area contributed by atoms with Crippen LogP contribution < -0.4 is 10.4 Å². The lowest BCUT2D eigenvalue weighted by Gasteiger charge is -2.28. The lowest BCUT2D eigenvalue weighted by atomic mass is 9.97. The predicted molar refractivity (Wildman–Crippen MR) is 105 cm³/mol. The number of nitrogens with zero attached hydrogens (tertiary/aromatic N) is 2. The highest BCUT2D eigenvalue weighted by molar-refractivity contribution is 5.85. The number of imidazole rings is 1. The fourth-order valence-corrected chi connectivity index (χ4v) is 3.94. The summed E-state index contributed by atoms with van der Waals surface area (Å²) < 4.78 is 15.2. The second kappa shape index (κ2) is 8.41. The summed E-state index contributed by atoms with van der Waals surface area (Å²) in [5.74, 6) is -0.0916. The number of carbonyl (C=O) groups is 1. The van der Waals surface area contributed by atoms with Gasteiger partial charge in [-0.25, -0.2) is 9.37 Å². The van der Waals surface area contributed by atoms with E-state index in [9.17, 15) is 19.4 Å². The molecule has 29 heavy (non-hydrogen) atoms. The Labute approximate surface area is 168 Å². The Morgan fingerprint density at radius 2 is 2.10 bits per heavy atom. The minimum Gasteiger partial charge on any atom is -0.849 e. The van der Waals surface area contributed by atoms with E-state index in [4.69, 9.17) is 0 Å². The van der Waals surface area contributed by atoms with Crippen molar-refractivity contribution in [1.29, 1.82) is 0 Å². The van der Waals surface area contributed by atoms with Crippen molar-refractivity contribution < 1.29 is 19.4 Å².